The van der Waals surface area contributed by atoms with Crippen LogP contribution in [0.5, 0.6) is 0 Å². The number of nitrogens with one attached hydrogen (secondary N) is 1. The van der Waals surface area contributed by atoms with E-state index in [4.69, 9.17) is 22.2 Å². The molecule has 0 saturated carbocycles. The molecule has 1 unspecified atom stereocenters. The highest BCUT2D eigenvalue weighted by molar-refractivity contribution is 14.1. The molecule has 114 valence electrons. The standard InChI is InChI=1S/C13H15BrClIN4O/c1-21-5-4-20-13(11(15)7-18-20)12(19-17)9-6-8(16)2-3-10(9)14/h2-3,6-7,12,19H,4-5,17H2,1H3. The second-order valence-electron chi connectivity index (χ2n) is 4.36. The van der Waals surface area contributed by atoms with Gasteiger partial charge in [-0.15, -0.1) is 0 Å². The molecule has 3 N–H and O–H groups in total. The molecule has 5 nitrogen and oxygen atoms in total. The molecule has 0 aliphatic carbocycles. The largest absolute Gasteiger partial charge is 0.383 e. The Hall–Kier alpha value is -0.190. The Labute approximate surface area is 150 Å². The van der Waals surface area contributed by atoms with Crippen molar-refractivity contribution in [3.05, 3.63) is 48.7 Å². The zero-order valence-electron chi connectivity index (χ0n) is 11.3. The van der Waals surface area contributed by atoms with Crippen molar-refractivity contribution in [1.29, 1.82) is 0 Å². The molecule has 2 rings (SSSR count). The average Bonchev–Trinajstić information content (AvgIpc) is 2.83. The molecule has 0 saturated heterocycles. The summed E-state index contributed by atoms with van der Waals surface area (Å²) in [5, 5.41) is 4.86. The van der Waals surface area contributed by atoms with Crippen LogP contribution in [0.1, 0.15) is 17.3 Å². The van der Waals surface area contributed by atoms with Crippen molar-refractivity contribution in [2.75, 3.05) is 13.7 Å². The second-order valence-corrected chi connectivity index (χ2v) is 6.87. The number of nitrogens with zero attached hydrogens (tertiary/aromatic N) is 2. The van der Waals surface area contributed by atoms with E-state index in [2.05, 4.69) is 55.1 Å². The van der Waals surface area contributed by atoms with Crippen LogP contribution in [0.3, 0.4) is 0 Å². The van der Waals surface area contributed by atoms with E-state index in [0.717, 1.165) is 19.3 Å². The highest BCUT2D eigenvalue weighted by Gasteiger charge is 2.23. The van der Waals surface area contributed by atoms with Gasteiger partial charge in [0.1, 0.15) is 0 Å². The first-order chi connectivity index (χ1) is 10.1. The van der Waals surface area contributed by atoms with E-state index in [0.29, 0.717) is 18.2 Å². The van der Waals surface area contributed by atoms with Crippen LogP contribution in [0.2, 0.25) is 5.02 Å². The van der Waals surface area contributed by atoms with Crippen LogP contribution < -0.4 is 11.3 Å². The second kappa shape index (κ2) is 7.89. The van der Waals surface area contributed by atoms with E-state index < -0.39 is 0 Å². The van der Waals surface area contributed by atoms with Gasteiger partial charge in [-0.2, -0.15) is 5.10 Å². The maximum absolute atomic E-state index is 6.30. The zero-order chi connectivity index (χ0) is 15.4. The summed E-state index contributed by atoms with van der Waals surface area (Å²) in [6.07, 6.45) is 1.62. The number of hydrogen-bond acceptors (Lipinski definition) is 4. The zero-order valence-corrected chi connectivity index (χ0v) is 15.8. The molecule has 0 radical (unpaired) electrons. The number of ether oxygens (including phenoxy) is 1. The van der Waals surface area contributed by atoms with Crippen molar-refractivity contribution >= 4 is 50.1 Å². The van der Waals surface area contributed by atoms with Gasteiger partial charge in [0.15, 0.2) is 0 Å². The van der Waals surface area contributed by atoms with Crippen LogP contribution in [0.15, 0.2) is 28.9 Å². The summed E-state index contributed by atoms with van der Waals surface area (Å²) in [4.78, 5) is 0. The number of benzene rings is 1. The molecule has 1 atom stereocenters. The first-order valence-electron chi connectivity index (χ1n) is 6.19. The topological polar surface area (TPSA) is 65.1 Å². The lowest BCUT2D eigenvalue weighted by molar-refractivity contribution is 0.182. The number of hydrogen-bond donors (Lipinski definition) is 2. The van der Waals surface area contributed by atoms with E-state index in [1.165, 1.54) is 0 Å². The van der Waals surface area contributed by atoms with Crippen molar-refractivity contribution in [3.8, 4) is 0 Å². The average molecular weight is 486 g/mol. The lowest BCUT2D eigenvalue weighted by Gasteiger charge is -2.20. The monoisotopic (exact) mass is 484 g/mol. The third kappa shape index (κ3) is 3.96. The Kier molecular flexibility index (Phi) is 6.45. The van der Waals surface area contributed by atoms with Crippen molar-refractivity contribution in [1.82, 2.24) is 15.2 Å². The van der Waals surface area contributed by atoms with Gasteiger partial charge in [0.2, 0.25) is 0 Å². The molecular formula is C13H15BrClIN4O. The van der Waals surface area contributed by atoms with E-state index in [-0.39, 0.29) is 6.04 Å². The third-order valence-electron chi connectivity index (χ3n) is 3.05. The molecule has 0 fully saturated rings. The minimum atomic E-state index is -0.263. The number of hydrazine groups is 1. The summed E-state index contributed by atoms with van der Waals surface area (Å²) in [7, 11) is 1.65. The molecule has 1 aromatic heterocycles. The van der Waals surface area contributed by atoms with Crippen LogP contribution >= 0.6 is 50.1 Å². The predicted molar refractivity (Wildman–Crippen MR) is 95.1 cm³/mol. The Balaban J connectivity index is 2.46. The normalized spacial score (nSPS) is 12.6. The Morgan fingerprint density at radius 2 is 2.33 bits per heavy atom. The minimum Gasteiger partial charge on any atom is -0.383 e. The van der Waals surface area contributed by atoms with Crippen LogP contribution in [-0.2, 0) is 11.3 Å². The summed E-state index contributed by atoms with van der Waals surface area (Å²) in [6.45, 7) is 1.16. The molecule has 21 heavy (non-hydrogen) atoms. The molecule has 1 heterocycles. The predicted octanol–water partition coefficient (Wildman–Crippen LogP) is 3.10. The van der Waals surface area contributed by atoms with E-state index in [1.54, 1.807) is 13.3 Å². The number of aromatic nitrogens is 2. The first-order valence-corrected chi connectivity index (χ1v) is 8.44. The van der Waals surface area contributed by atoms with E-state index in [9.17, 15) is 0 Å². The maximum Gasteiger partial charge on any atom is 0.0904 e. The molecule has 8 heteroatoms. The SMILES string of the molecule is COCCn1ncc(Cl)c1C(NN)c1cc(I)ccc1Br. The summed E-state index contributed by atoms with van der Waals surface area (Å²) in [5.74, 6) is 5.78. The van der Waals surface area contributed by atoms with Crippen LogP contribution in [0.4, 0.5) is 0 Å². The first kappa shape index (κ1) is 17.2. The number of methoxy groups -OCH3 is 1. The smallest absolute Gasteiger partial charge is 0.0904 e. The molecule has 2 aromatic rings. The minimum absolute atomic E-state index is 0.263. The van der Waals surface area contributed by atoms with Crippen LogP contribution in [0.25, 0.3) is 0 Å². The van der Waals surface area contributed by atoms with E-state index in [1.807, 2.05) is 16.8 Å². The summed E-state index contributed by atoms with van der Waals surface area (Å²) < 4.78 is 8.99. The van der Waals surface area contributed by atoms with Gasteiger partial charge in [0, 0.05) is 15.2 Å². The van der Waals surface area contributed by atoms with Gasteiger partial charge in [0.05, 0.1) is 36.1 Å². The highest BCUT2D eigenvalue weighted by atomic mass is 127. The Morgan fingerprint density at radius 3 is 3.00 bits per heavy atom. The summed E-state index contributed by atoms with van der Waals surface area (Å²) >= 11 is 12.1. The Morgan fingerprint density at radius 1 is 1.57 bits per heavy atom. The fourth-order valence-electron chi connectivity index (χ4n) is 2.07. The quantitative estimate of drug-likeness (QED) is 0.375. The van der Waals surface area contributed by atoms with Gasteiger partial charge in [-0.25, -0.2) is 5.43 Å². The van der Waals surface area contributed by atoms with Gasteiger partial charge in [-0.3, -0.25) is 10.5 Å². The van der Waals surface area contributed by atoms with Gasteiger partial charge < -0.3 is 4.74 Å². The third-order valence-corrected chi connectivity index (χ3v) is 4.73. The number of rotatable bonds is 6. The molecule has 0 aliphatic heterocycles. The van der Waals surface area contributed by atoms with Crippen LogP contribution in [-0.4, -0.2) is 23.5 Å². The van der Waals surface area contributed by atoms with Crippen molar-refractivity contribution in [2.45, 2.75) is 12.6 Å². The number of halogens is 3. The number of nitrogens with two attached hydrogens (primary N) is 1. The fourth-order valence-corrected chi connectivity index (χ4v) is 3.31. The highest BCUT2D eigenvalue weighted by Crippen LogP contribution is 2.33. The van der Waals surface area contributed by atoms with Crippen molar-refractivity contribution in [2.24, 2.45) is 5.84 Å². The van der Waals surface area contributed by atoms with Crippen LogP contribution in [0, 0.1) is 3.57 Å². The molecule has 1 aromatic carbocycles. The van der Waals surface area contributed by atoms with Crippen molar-refractivity contribution in [3.63, 3.8) is 0 Å². The molecule has 0 spiro atoms. The van der Waals surface area contributed by atoms with Gasteiger partial charge >= 0.3 is 0 Å². The van der Waals surface area contributed by atoms with Gasteiger partial charge in [-0.05, 0) is 46.4 Å². The summed E-state index contributed by atoms with van der Waals surface area (Å²) in [6, 6.07) is 5.80. The summed E-state index contributed by atoms with van der Waals surface area (Å²) in [5.41, 5.74) is 4.65. The lowest BCUT2D eigenvalue weighted by atomic mass is 10.0. The van der Waals surface area contributed by atoms with E-state index >= 15 is 0 Å². The Bertz CT molecular complexity index is 622. The fraction of sp³-hybridized carbons (Fsp3) is 0.308. The molecule has 0 aliphatic rings. The van der Waals surface area contributed by atoms with Crippen molar-refractivity contribution < 1.29 is 4.74 Å². The lowest BCUT2D eigenvalue weighted by Crippen LogP contribution is -2.31. The molecule has 0 bridgehead atoms. The van der Waals surface area contributed by atoms with Gasteiger partial charge in [-0.1, -0.05) is 27.5 Å². The maximum atomic E-state index is 6.30. The molecular weight excluding hydrogens is 470 g/mol. The van der Waals surface area contributed by atoms with Gasteiger partial charge in [0.25, 0.3) is 0 Å². The molecule has 0 amide bonds.